The first-order valence-corrected chi connectivity index (χ1v) is 10.4. The van der Waals surface area contributed by atoms with Gasteiger partial charge < -0.3 is 19.9 Å². The first-order valence-electron chi connectivity index (χ1n) is 10.4. The number of carbonyl (C=O) groups excluding carboxylic acids is 1. The lowest BCUT2D eigenvalue weighted by Crippen LogP contribution is -2.49. The number of benzene rings is 1. The van der Waals surface area contributed by atoms with Crippen LogP contribution in [0.4, 0.5) is 5.69 Å². The molecule has 8 heteroatoms. The Morgan fingerprint density at radius 1 is 1.10 bits per heavy atom. The smallest absolute Gasteiger partial charge is 0.248 e. The number of amides is 1. The highest BCUT2D eigenvalue weighted by Crippen LogP contribution is 2.30. The molecule has 4 aromatic rings. The van der Waals surface area contributed by atoms with Crippen molar-refractivity contribution in [3.05, 3.63) is 66.7 Å². The molecule has 1 saturated heterocycles. The Balaban J connectivity index is 1.37. The summed E-state index contributed by atoms with van der Waals surface area (Å²) in [6.07, 6.45) is 7.78. The van der Waals surface area contributed by atoms with Gasteiger partial charge in [-0.25, -0.2) is 4.98 Å². The molecule has 1 aromatic carbocycles. The minimum absolute atomic E-state index is 0.214. The lowest BCUT2D eigenvalue weighted by Gasteiger charge is -2.35. The first-order chi connectivity index (χ1) is 15.2. The van der Waals surface area contributed by atoms with Gasteiger partial charge in [0.2, 0.25) is 5.91 Å². The number of piperazine rings is 1. The number of rotatable bonds is 5. The van der Waals surface area contributed by atoms with Gasteiger partial charge in [-0.05, 0) is 11.6 Å². The number of nitrogens with zero attached hydrogens (tertiary/aromatic N) is 5. The highest BCUT2D eigenvalue weighted by atomic mass is 16.3. The molecular weight excluding hydrogens is 392 g/mol. The van der Waals surface area contributed by atoms with Gasteiger partial charge in [0, 0.05) is 55.1 Å². The minimum atomic E-state index is -0.432. The minimum Gasteiger partial charge on any atom is -0.387 e. The quantitative estimate of drug-likeness (QED) is 0.520. The van der Waals surface area contributed by atoms with E-state index < -0.39 is 6.61 Å². The fourth-order valence-corrected chi connectivity index (χ4v) is 4.08. The largest absolute Gasteiger partial charge is 0.387 e. The van der Waals surface area contributed by atoms with Crippen molar-refractivity contribution in [1.82, 2.24) is 24.6 Å². The van der Waals surface area contributed by atoms with E-state index in [-0.39, 0.29) is 5.91 Å². The Bertz CT molecular complexity index is 1190. The van der Waals surface area contributed by atoms with Gasteiger partial charge in [0.15, 0.2) is 0 Å². The van der Waals surface area contributed by atoms with Gasteiger partial charge in [-0.2, -0.15) is 5.10 Å². The van der Waals surface area contributed by atoms with E-state index in [1.807, 2.05) is 41.5 Å². The molecule has 1 fully saturated rings. The van der Waals surface area contributed by atoms with Crippen LogP contribution in [0, 0.1) is 0 Å². The molecule has 2 N–H and O–H groups in total. The number of aromatic nitrogens is 4. The van der Waals surface area contributed by atoms with E-state index in [0.717, 1.165) is 34.4 Å². The number of nitrogens with one attached hydrogen (secondary N) is 1. The molecule has 1 aliphatic heterocycles. The second-order valence-electron chi connectivity index (χ2n) is 7.73. The number of H-pyrrole nitrogens is 1. The number of aliphatic hydroxyl groups is 1. The van der Waals surface area contributed by atoms with Crippen molar-refractivity contribution in [2.24, 2.45) is 0 Å². The average molecular weight is 416 g/mol. The van der Waals surface area contributed by atoms with Gasteiger partial charge in [-0.1, -0.05) is 30.3 Å². The number of pyridine rings is 1. The summed E-state index contributed by atoms with van der Waals surface area (Å²) in [6, 6.07) is 12.4. The number of fused-ring (bicyclic) bond motifs is 1. The molecular formula is C23H24N6O2. The molecule has 0 radical (unpaired) electrons. The van der Waals surface area contributed by atoms with Gasteiger partial charge in [0.25, 0.3) is 0 Å². The predicted molar refractivity (Wildman–Crippen MR) is 119 cm³/mol. The van der Waals surface area contributed by atoms with Crippen LogP contribution >= 0.6 is 0 Å². The molecule has 3 aromatic heterocycles. The fourth-order valence-electron chi connectivity index (χ4n) is 4.08. The van der Waals surface area contributed by atoms with Crippen LogP contribution in [0.1, 0.15) is 5.56 Å². The molecule has 0 bridgehead atoms. The van der Waals surface area contributed by atoms with Crippen LogP contribution in [0.5, 0.6) is 0 Å². The van der Waals surface area contributed by atoms with Crippen LogP contribution in [0.2, 0.25) is 0 Å². The van der Waals surface area contributed by atoms with Gasteiger partial charge in [0.05, 0.1) is 24.6 Å². The molecule has 5 rings (SSSR count). The molecule has 0 unspecified atom stereocenters. The van der Waals surface area contributed by atoms with Gasteiger partial charge in [-0.3, -0.25) is 9.48 Å². The molecule has 0 atom stereocenters. The molecule has 1 amide bonds. The Hall–Kier alpha value is -3.65. The standard InChI is InChI=1S/C23H24N6O2/c30-16-22(31)28-8-6-27(7-9-28)19-10-20-21(13-25-23(20)24-12-19)18-11-26-29(15-18)14-17-4-2-1-3-5-17/h1-5,10-13,15,30H,6-9,14,16H2,(H,24,25). The van der Waals surface area contributed by atoms with Crippen LogP contribution in [-0.4, -0.2) is 68.4 Å². The van der Waals surface area contributed by atoms with Crippen molar-refractivity contribution in [2.75, 3.05) is 37.7 Å². The van der Waals surface area contributed by atoms with Gasteiger partial charge in [-0.15, -0.1) is 0 Å². The van der Waals surface area contributed by atoms with E-state index in [4.69, 9.17) is 5.11 Å². The van der Waals surface area contributed by atoms with Crippen molar-refractivity contribution < 1.29 is 9.90 Å². The van der Waals surface area contributed by atoms with Crippen molar-refractivity contribution in [1.29, 1.82) is 0 Å². The number of carbonyl (C=O) groups is 1. The van der Waals surface area contributed by atoms with Crippen molar-refractivity contribution in [3.63, 3.8) is 0 Å². The second-order valence-corrected chi connectivity index (χ2v) is 7.73. The summed E-state index contributed by atoms with van der Waals surface area (Å²) in [4.78, 5) is 23.5. The first kappa shape index (κ1) is 19.3. The SMILES string of the molecule is O=C(CO)N1CCN(c2cnc3[nH]cc(-c4cnn(Cc5ccccc5)c4)c3c2)CC1. The summed E-state index contributed by atoms with van der Waals surface area (Å²) in [5.74, 6) is -0.214. The van der Waals surface area contributed by atoms with E-state index in [2.05, 4.69) is 44.4 Å². The summed E-state index contributed by atoms with van der Waals surface area (Å²) in [7, 11) is 0. The molecule has 0 aliphatic carbocycles. The normalized spacial score (nSPS) is 14.4. The predicted octanol–water partition coefficient (Wildman–Crippen LogP) is 2.12. The maximum absolute atomic E-state index is 11.7. The van der Waals surface area contributed by atoms with Crippen LogP contribution in [0.15, 0.2) is 61.2 Å². The molecule has 31 heavy (non-hydrogen) atoms. The van der Waals surface area contributed by atoms with Crippen molar-refractivity contribution >= 4 is 22.6 Å². The summed E-state index contributed by atoms with van der Waals surface area (Å²) >= 11 is 0. The lowest BCUT2D eigenvalue weighted by molar-refractivity contribution is -0.134. The third-order valence-corrected chi connectivity index (χ3v) is 5.78. The maximum atomic E-state index is 11.7. The Labute approximate surface area is 179 Å². The zero-order valence-corrected chi connectivity index (χ0v) is 17.1. The number of aliphatic hydroxyl groups excluding tert-OH is 1. The number of aromatic amines is 1. The average Bonchev–Trinajstić information content (AvgIpc) is 3.45. The van der Waals surface area contributed by atoms with Crippen LogP contribution in [0.25, 0.3) is 22.2 Å². The zero-order valence-electron chi connectivity index (χ0n) is 17.1. The summed E-state index contributed by atoms with van der Waals surface area (Å²) in [5, 5.41) is 14.6. The fraction of sp³-hybridized carbons (Fsp3) is 0.261. The Morgan fingerprint density at radius 2 is 1.90 bits per heavy atom. The molecule has 0 spiro atoms. The maximum Gasteiger partial charge on any atom is 0.248 e. The highest BCUT2D eigenvalue weighted by molar-refractivity contribution is 5.95. The number of anilines is 1. The van der Waals surface area contributed by atoms with Crippen LogP contribution in [0.3, 0.4) is 0 Å². The van der Waals surface area contributed by atoms with Crippen LogP contribution in [-0.2, 0) is 11.3 Å². The van der Waals surface area contributed by atoms with E-state index in [0.29, 0.717) is 26.2 Å². The summed E-state index contributed by atoms with van der Waals surface area (Å²) in [5.41, 5.74) is 5.18. The highest BCUT2D eigenvalue weighted by Gasteiger charge is 2.21. The monoisotopic (exact) mass is 416 g/mol. The van der Waals surface area contributed by atoms with E-state index in [1.165, 1.54) is 5.56 Å². The third-order valence-electron chi connectivity index (χ3n) is 5.78. The molecule has 0 saturated carbocycles. The van der Waals surface area contributed by atoms with Gasteiger partial charge in [0.1, 0.15) is 12.3 Å². The second kappa shape index (κ2) is 8.23. The topological polar surface area (TPSA) is 90.3 Å². The van der Waals surface area contributed by atoms with Gasteiger partial charge >= 0.3 is 0 Å². The number of hydrogen-bond acceptors (Lipinski definition) is 5. The lowest BCUT2D eigenvalue weighted by atomic mass is 10.1. The molecule has 4 heterocycles. The Kier molecular flexibility index (Phi) is 5.13. The number of hydrogen-bond donors (Lipinski definition) is 2. The summed E-state index contributed by atoms with van der Waals surface area (Å²) < 4.78 is 1.94. The summed E-state index contributed by atoms with van der Waals surface area (Å²) in [6.45, 7) is 2.93. The van der Waals surface area contributed by atoms with Crippen LogP contribution < -0.4 is 4.90 Å². The van der Waals surface area contributed by atoms with Crippen molar-refractivity contribution in [2.45, 2.75) is 6.54 Å². The zero-order chi connectivity index (χ0) is 21.2. The van der Waals surface area contributed by atoms with Crippen molar-refractivity contribution in [3.8, 4) is 11.1 Å². The van der Waals surface area contributed by atoms with E-state index >= 15 is 0 Å². The Morgan fingerprint density at radius 3 is 2.68 bits per heavy atom. The third kappa shape index (κ3) is 3.89. The molecule has 1 aliphatic rings. The molecule has 158 valence electrons. The van der Waals surface area contributed by atoms with E-state index in [1.54, 1.807) is 4.90 Å². The molecule has 8 nitrogen and oxygen atoms in total. The van der Waals surface area contributed by atoms with E-state index in [9.17, 15) is 4.79 Å².